The van der Waals surface area contributed by atoms with E-state index < -0.39 is 17.5 Å². The SMILES string of the molecule is Cc1ccc(F)c(C(=O)N2CCC[C@@H](C)[C@H]2CNc2nc3ccc(F)cc3o2)c1-n1nccn1. The van der Waals surface area contributed by atoms with Crippen LogP contribution in [0.25, 0.3) is 16.8 Å². The van der Waals surface area contributed by atoms with Gasteiger partial charge in [0.15, 0.2) is 5.58 Å². The highest BCUT2D eigenvalue weighted by Crippen LogP contribution is 2.29. The normalized spacial score (nSPS) is 18.4. The van der Waals surface area contributed by atoms with Gasteiger partial charge in [-0.25, -0.2) is 8.78 Å². The summed E-state index contributed by atoms with van der Waals surface area (Å²) in [5, 5.41) is 11.4. The van der Waals surface area contributed by atoms with Crippen molar-refractivity contribution in [3.63, 3.8) is 0 Å². The Morgan fingerprint density at radius 2 is 2.00 bits per heavy atom. The Balaban J connectivity index is 1.44. The molecule has 1 aliphatic rings. The minimum absolute atomic E-state index is 0.0485. The van der Waals surface area contributed by atoms with Gasteiger partial charge in [0.2, 0.25) is 0 Å². The van der Waals surface area contributed by atoms with E-state index in [1.807, 2.05) is 0 Å². The predicted molar refractivity (Wildman–Crippen MR) is 122 cm³/mol. The molecular formula is C24H24F2N6O2. The number of piperidine rings is 1. The van der Waals surface area contributed by atoms with Gasteiger partial charge in [0.1, 0.15) is 28.4 Å². The van der Waals surface area contributed by atoms with Crippen LogP contribution in [0.1, 0.15) is 35.7 Å². The second-order valence-corrected chi connectivity index (χ2v) is 8.60. The Kier molecular flexibility index (Phi) is 5.72. The number of nitrogens with one attached hydrogen (secondary N) is 1. The van der Waals surface area contributed by atoms with Crippen molar-refractivity contribution in [3.8, 4) is 5.69 Å². The first-order valence-corrected chi connectivity index (χ1v) is 11.2. The Morgan fingerprint density at radius 1 is 1.21 bits per heavy atom. The maximum absolute atomic E-state index is 15.1. The predicted octanol–water partition coefficient (Wildman–Crippen LogP) is 4.35. The van der Waals surface area contributed by atoms with E-state index in [1.54, 1.807) is 24.0 Å². The maximum atomic E-state index is 15.1. The van der Waals surface area contributed by atoms with Crippen molar-refractivity contribution in [1.29, 1.82) is 0 Å². The number of oxazole rings is 1. The molecule has 0 spiro atoms. The molecule has 2 aromatic carbocycles. The summed E-state index contributed by atoms with van der Waals surface area (Å²) in [4.78, 5) is 21.1. The van der Waals surface area contributed by atoms with Gasteiger partial charge < -0.3 is 14.6 Å². The van der Waals surface area contributed by atoms with Crippen molar-refractivity contribution in [2.45, 2.75) is 32.7 Å². The smallest absolute Gasteiger partial charge is 0.295 e. The van der Waals surface area contributed by atoms with Gasteiger partial charge in [-0.3, -0.25) is 4.79 Å². The number of rotatable bonds is 5. The standard InChI is InChI=1S/C24H24F2N6O2/c1-14-4-3-11-31(19(14)13-27-24-30-18-8-6-16(25)12-20(18)34-24)23(33)21-17(26)7-5-15(2)22(21)32-28-9-10-29-32/h5-10,12,14,19H,3-4,11,13H2,1-2H3,(H,27,30)/t14-,19-/m1/s1. The average Bonchev–Trinajstić information content (AvgIpc) is 3.48. The molecule has 3 heterocycles. The molecule has 0 aliphatic carbocycles. The van der Waals surface area contributed by atoms with Gasteiger partial charge in [-0.1, -0.05) is 13.0 Å². The van der Waals surface area contributed by atoms with E-state index in [2.05, 4.69) is 27.4 Å². The fourth-order valence-corrected chi connectivity index (χ4v) is 4.59. The summed E-state index contributed by atoms with van der Waals surface area (Å²) in [6.45, 7) is 4.71. The van der Waals surface area contributed by atoms with Crippen LogP contribution < -0.4 is 5.32 Å². The average molecular weight is 466 g/mol. The molecule has 5 rings (SSSR count). The summed E-state index contributed by atoms with van der Waals surface area (Å²) in [5.41, 5.74) is 1.85. The second kappa shape index (κ2) is 8.85. The number of carbonyl (C=O) groups excluding carboxylic acids is 1. The highest BCUT2D eigenvalue weighted by Gasteiger charge is 2.35. The number of amides is 1. The highest BCUT2D eigenvalue weighted by molar-refractivity contribution is 5.98. The Hall–Kier alpha value is -3.82. The number of halogens is 2. The first-order chi connectivity index (χ1) is 16.4. The van der Waals surface area contributed by atoms with Crippen LogP contribution in [0.5, 0.6) is 0 Å². The zero-order valence-corrected chi connectivity index (χ0v) is 18.8. The number of nitrogens with zero attached hydrogens (tertiary/aromatic N) is 5. The van der Waals surface area contributed by atoms with Crippen LogP contribution in [-0.2, 0) is 0 Å². The van der Waals surface area contributed by atoms with E-state index in [-0.39, 0.29) is 23.5 Å². The van der Waals surface area contributed by atoms with Gasteiger partial charge in [-0.05, 0) is 49.4 Å². The molecule has 176 valence electrons. The number of hydrogen-bond donors (Lipinski definition) is 1. The third-order valence-corrected chi connectivity index (χ3v) is 6.35. The van der Waals surface area contributed by atoms with Gasteiger partial charge in [0, 0.05) is 19.2 Å². The van der Waals surface area contributed by atoms with Crippen LogP contribution in [0.4, 0.5) is 14.8 Å². The lowest BCUT2D eigenvalue weighted by Gasteiger charge is -2.40. The summed E-state index contributed by atoms with van der Waals surface area (Å²) in [6, 6.07) is 7.06. The Morgan fingerprint density at radius 3 is 2.79 bits per heavy atom. The van der Waals surface area contributed by atoms with Gasteiger partial charge in [-0.2, -0.15) is 20.0 Å². The van der Waals surface area contributed by atoms with E-state index in [4.69, 9.17) is 4.42 Å². The molecule has 2 atom stereocenters. The molecule has 1 aliphatic heterocycles. The summed E-state index contributed by atoms with van der Waals surface area (Å²) in [6.07, 6.45) is 4.72. The largest absolute Gasteiger partial charge is 0.423 e. The molecule has 8 nitrogen and oxygen atoms in total. The monoisotopic (exact) mass is 466 g/mol. The Labute approximate surface area is 194 Å². The third-order valence-electron chi connectivity index (χ3n) is 6.35. The molecule has 4 aromatic rings. The first-order valence-electron chi connectivity index (χ1n) is 11.2. The molecular weight excluding hydrogens is 442 g/mol. The highest BCUT2D eigenvalue weighted by atomic mass is 19.1. The third kappa shape index (κ3) is 4.00. The lowest BCUT2D eigenvalue weighted by atomic mass is 9.89. The summed E-state index contributed by atoms with van der Waals surface area (Å²) >= 11 is 0. The lowest BCUT2D eigenvalue weighted by Crippen LogP contribution is -2.51. The van der Waals surface area contributed by atoms with Gasteiger partial charge >= 0.3 is 0 Å². The van der Waals surface area contributed by atoms with E-state index >= 15 is 4.39 Å². The van der Waals surface area contributed by atoms with E-state index in [0.717, 1.165) is 12.8 Å². The van der Waals surface area contributed by atoms with Crippen LogP contribution >= 0.6 is 0 Å². The summed E-state index contributed by atoms with van der Waals surface area (Å²) in [7, 11) is 0. The summed E-state index contributed by atoms with van der Waals surface area (Å²) in [5.74, 6) is -1.28. The maximum Gasteiger partial charge on any atom is 0.295 e. The number of aryl methyl sites for hydroxylation is 1. The van der Waals surface area contributed by atoms with Crippen LogP contribution in [0.2, 0.25) is 0 Å². The van der Waals surface area contributed by atoms with Gasteiger partial charge in [0.25, 0.3) is 11.9 Å². The molecule has 34 heavy (non-hydrogen) atoms. The molecule has 10 heteroatoms. The van der Waals surface area contributed by atoms with Crippen molar-refractivity contribution in [2.24, 2.45) is 5.92 Å². The van der Waals surface area contributed by atoms with Crippen LogP contribution in [0, 0.1) is 24.5 Å². The van der Waals surface area contributed by atoms with Crippen molar-refractivity contribution < 1.29 is 18.0 Å². The zero-order valence-electron chi connectivity index (χ0n) is 18.8. The van der Waals surface area contributed by atoms with Gasteiger partial charge in [0.05, 0.1) is 18.4 Å². The summed E-state index contributed by atoms with van der Waals surface area (Å²) < 4.78 is 34.2. The van der Waals surface area contributed by atoms with Gasteiger partial charge in [-0.15, -0.1) is 0 Å². The van der Waals surface area contributed by atoms with Crippen molar-refractivity contribution in [2.75, 3.05) is 18.4 Å². The molecule has 1 saturated heterocycles. The van der Waals surface area contributed by atoms with Crippen LogP contribution in [0.3, 0.4) is 0 Å². The lowest BCUT2D eigenvalue weighted by molar-refractivity contribution is 0.0534. The number of benzene rings is 2. The molecule has 1 N–H and O–H groups in total. The zero-order chi connectivity index (χ0) is 23.8. The molecule has 1 amide bonds. The number of likely N-dealkylation sites (tertiary alicyclic amines) is 1. The number of fused-ring (bicyclic) bond motifs is 1. The minimum Gasteiger partial charge on any atom is -0.423 e. The number of hydrogen-bond acceptors (Lipinski definition) is 6. The fourth-order valence-electron chi connectivity index (χ4n) is 4.59. The number of aromatic nitrogens is 4. The Bertz CT molecular complexity index is 1340. The molecule has 0 saturated carbocycles. The quantitative estimate of drug-likeness (QED) is 0.471. The molecule has 2 aromatic heterocycles. The molecule has 0 radical (unpaired) electrons. The second-order valence-electron chi connectivity index (χ2n) is 8.60. The van der Waals surface area contributed by atoms with Crippen molar-refractivity contribution in [1.82, 2.24) is 24.9 Å². The molecule has 0 bridgehead atoms. The first kappa shape index (κ1) is 22.0. The van der Waals surface area contributed by atoms with E-state index in [0.29, 0.717) is 35.4 Å². The molecule has 0 unspecified atom stereocenters. The van der Waals surface area contributed by atoms with E-state index in [9.17, 15) is 9.18 Å². The number of anilines is 1. The van der Waals surface area contributed by atoms with Crippen molar-refractivity contribution in [3.05, 3.63) is 65.5 Å². The minimum atomic E-state index is -0.617. The molecule has 1 fully saturated rings. The van der Waals surface area contributed by atoms with E-state index in [1.165, 1.54) is 35.4 Å². The van der Waals surface area contributed by atoms with Crippen LogP contribution in [-0.4, -0.2) is 49.9 Å². The number of carbonyl (C=O) groups is 1. The topological polar surface area (TPSA) is 89.1 Å². The fraction of sp³-hybridized carbons (Fsp3) is 0.333. The van der Waals surface area contributed by atoms with Crippen LogP contribution in [0.15, 0.2) is 47.1 Å². The van der Waals surface area contributed by atoms with Crippen molar-refractivity contribution >= 4 is 23.0 Å².